The Morgan fingerprint density at radius 2 is 1.38 bits per heavy atom. The van der Waals surface area contributed by atoms with Gasteiger partial charge >= 0.3 is 0 Å². The van der Waals surface area contributed by atoms with E-state index in [0.717, 1.165) is 0 Å². The molecule has 3 heterocycles. The van der Waals surface area contributed by atoms with Gasteiger partial charge in [0.25, 0.3) is 0 Å². The molecule has 0 aromatic heterocycles. The molecule has 0 aromatic rings. The first-order valence-electron chi connectivity index (χ1n) is 14.9. The van der Waals surface area contributed by atoms with Crippen LogP contribution >= 0.6 is 0 Å². The molecule has 18 atom stereocenters. The maximum Gasteiger partial charge on any atom is 0.187 e. The second-order valence-corrected chi connectivity index (χ2v) is 12.0. The van der Waals surface area contributed by atoms with Crippen molar-refractivity contribution < 1.29 is 54.0 Å². The van der Waals surface area contributed by atoms with E-state index < -0.39 is 104 Å². The molecule has 0 spiro atoms. The van der Waals surface area contributed by atoms with Crippen LogP contribution in [-0.4, -0.2) is 143 Å². The molecule has 4 aliphatic rings. The summed E-state index contributed by atoms with van der Waals surface area (Å²) >= 11 is 0. The highest BCUT2D eigenvalue weighted by atomic mass is 16.8. The van der Waals surface area contributed by atoms with Gasteiger partial charge in [-0.25, -0.2) is 0 Å². The van der Waals surface area contributed by atoms with E-state index in [1.165, 1.54) is 0 Å². The molecule has 246 valence electrons. The van der Waals surface area contributed by atoms with E-state index in [1.807, 2.05) is 6.92 Å². The van der Waals surface area contributed by atoms with Crippen molar-refractivity contribution in [1.82, 2.24) is 0 Å². The number of ether oxygens (including phenoxy) is 6. The van der Waals surface area contributed by atoms with Crippen molar-refractivity contribution in [2.45, 2.75) is 144 Å². The highest BCUT2D eigenvalue weighted by Gasteiger charge is 2.53. The molecule has 16 heteroatoms. The van der Waals surface area contributed by atoms with Crippen LogP contribution in [0, 0.1) is 5.92 Å². The Morgan fingerprint density at radius 1 is 0.738 bits per heavy atom. The van der Waals surface area contributed by atoms with Crippen LogP contribution in [0.4, 0.5) is 0 Å². The first-order valence-corrected chi connectivity index (χ1v) is 14.9. The summed E-state index contributed by atoms with van der Waals surface area (Å²) in [5.41, 5.74) is 30.8. The normalized spacial score (nSPS) is 51.0. The Labute approximate surface area is 245 Å². The van der Waals surface area contributed by atoms with E-state index in [9.17, 15) is 25.5 Å². The SMILES string of the molecule is CCC(N)C1CCC(N)C(OC2C(N)CC(N)C(O)C2OC2OC(CO)C(OC3OC(CN)C(O)C(O)C3C)C2O)O1. The summed E-state index contributed by atoms with van der Waals surface area (Å²) in [5, 5.41) is 52.9. The number of aliphatic hydroxyl groups is 5. The van der Waals surface area contributed by atoms with Crippen molar-refractivity contribution in [3.8, 4) is 0 Å². The van der Waals surface area contributed by atoms with Crippen LogP contribution in [0.3, 0.4) is 0 Å². The number of rotatable bonds is 10. The third-order valence-electron chi connectivity index (χ3n) is 9.04. The molecule has 1 saturated carbocycles. The van der Waals surface area contributed by atoms with Gasteiger partial charge < -0.3 is 82.6 Å². The zero-order chi connectivity index (χ0) is 30.9. The maximum absolute atomic E-state index is 11.2. The molecule has 0 amide bonds. The van der Waals surface area contributed by atoms with Crippen LogP contribution < -0.4 is 28.7 Å². The molecule has 3 saturated heterocycles. The number of nitrogens with two attached hydrogens (primary N) is 5. The van der Waals surface area contributed by atoms with Crippen LogP contribution in [0.5, 0.6) is 0 Å². The van der Waals surface area contributed by atoms with Gasteiger partial charge in [-0.15, -0.1) is 0 Å². The molecular weight excluding hydrogens is 558 g/mol. The Bertz CT molecular complexity index is 850. The molecule has 4 rings (SSSR count). The van der Waals surface area contributed by atoms with Crippen LogP contribution in [0.25, 0.3) is 0 Å². The van der Waals surface area contributed by atoms with Gasteiger partial charge in [0.1, 0.15) is 42.7 Å². The summed E-state index contributed by atoms with van der Waals surface area (Å²) < 4.78 is 35.9. The second-order valence-electron chi connectivity index (χ2n) is 12.0. The summed E-state index contributed by atoms with van der Waals surface area (Å²) in [5.74, 6) is -0.701. The predicted molar refractivity (Wildman–Crippen MR) is 146 cm³/mol. The zero-order valence-electron chi connectivity index (χ0n) is 24.2. The minimum absolute atomic E-state index is 0.0787. The molecule has 42 heavy (non-hydrogen) atoms. The minimum atomic E-state index is -1.47. The second kappa shape index (κ2) is 14.6. The van der Waals surface area contributed by atoms with E-state index in [-0.39, 0.29) is 25.1 Å². The lowest BCUT2D eigenvalue weighted by Crippen LogP contribution is -2.65. The molecule has 4 fully saturated rings. The molecule has 18 unspecified atom stereocenters. The van der Waals surface area contributed by atoms with E-state index in [4.69, 9.17) is 57.1 Å². The van der Waals surface area contributed by atoms with Crippen LogP contribution in [0.1, 0.15) is 39.5 Å². The molecule has 0 bridgehead atoms. The quantitative estimate of drug-likeness (QED) is 0.111. The summed E-state index contributed by atoms with van der Waals surface area (Å²) in [4.78, 5) is 0. The van der Waals surface area contributed by atoms with Gasteiger partial charge in [0.2, 0.25) is 0 Å². The van der Waals surface area contributed by atoms with Gasteiger partial charge in [-0.05, 0) is 25.7 Å². The molecular formula is C26H51N5O11. The standard InChI is InChI=1S/C26H51N5O11/c1-3-10(28)14-5-4-11(29)25(37-14)40-21-13(31)6-12(30)18(34)23(21)42-26-20(36)22(16(8-32)39-26)41-24-9(2)17(33)19(35)15(7-27)38-24/h9-26,32-36H,3-8,27-31H2,1-2H3. The number of hydrogen-bond donors (Lipinski definition) is 10. The van der Waals surface area contributed by atoms with Crippen molar-refractivity contribution in [2.24, 2.45) is 34.6 Å². The summed E-state index contributed by atoms with van der Waals surface area (Å²) in [7, 11) is 0. The lowest BCUT2D eigenvalue weighted by Gasteiger charge is -2.46. The van der Waals surface area contributed by atoms with Crippen molar-refractivity contribution >= 4 is 0 Å². The molecule has 15 N–H and O–H groups in total. The summed E-state index contributed by atoms with van der Waals surface area (Å²) in [6.07, 6.45) is -11.8. The highest BCUT2D eigenvalue weighted by Crippen LogP contribution is 2.35. The zero-order valence-corrected chi connectivity index (χ0v) is 24.2. The fourth-order valence-electron chi connectivity index (χ4n) is 6.17. The van der Waals surface area contributed by atoms with E-state index in [2.05, 4.69) is 0 Å². The summed E-state index contributed by atoms with van der Waals surface area (Å²) in [6.45, 7) is 2.94. The van der Waals surface area contributed by atoms with E-state index in [0.29, 0.717) is 19.3 Å². The monoisotopic (exact) mass is 609 g/mol. The molecule has 1 aliphatic carbocycles. The Hall–Kier alpha value is -0.640. The summed E-state index contributed by atoms with van der Waals surface area (Å²) in [6, 6.07) is -2.12. The van der Waals surface area contributed by atoms with Crippen LogP contribution in [0.15, 0.2) is 0 Å². The van der Waals surface area contributed by atoms with Crippen molar-refractivity contribution in [2.75, 3.05) is 13.2 Å². The van der Waals surface area contributed by atoms with E-state index in [1.54, 1.807) is 6.92 Å². The predicted octanol–water partition coefficient (Wildman–Crippen LogP) is -4.75. The van der Waals surface area contributed by atoms with Gasteiger partial charge in [-0.1, -0.05) is 13.8 Å². The van der Waals surface area contributed by atoms with E-state index >= 15 is 0 Å². The maximum atomic E-state index is 11.2. The fraction of sp³-hybridized carbons (Fsp3) is 1.00. The number of aliphatic hydroxyl groups excluding tert-OH is 5. The van der Waals surface area contributed by atoms with Crippen LogP contribution in [0.2, 0.25) is 0 Å². The average molecular weight is 610 g/mol. The van der Waals surface area contributed by atoms with Gasteiger partial charge in [0.15, 0.2) is 18.9 Å². The van der Waals surface area contributed by atoms with Crippen molar-refractivity contribution in [1.29, 1.82) is 0 Å². The lowest BCUT2D eigenvalue weighted by molar-refractivity contribution is -0.297. The van der Waals surface area contributed by atoms with Gasteiger partial charge in [-0.2, -0.15) is 0 Å². The van der Waals surface area contributed by atoms with Gasteiger partial charge in [-0.3, -0.25) is 0 Å². The van der Waals surface area contributed by atoms with Crippen molar-refractivity contribution in [3.05, 3.63) is 0 Å². The first-order chi connectivity index (χ1) is 19.9. The molecule has 3 aliphatic heterocycles. The Balaban J connectivity index is 1.48. The third kappa shape index (κ3) is 7.09. The third-order valence-corrected chi connectivity index (χ3v) is 9.04. The first kappa shape index (κ1) is 34.2. The Kier molecular flexibility index (Phi) is 11.9. The van der Waals surface area contributed by atoms with Crippen LogP contribution in [-0.2, 0) is 28.4 Å². The van der Waals surface area contributed by atoms with Gasteiger partial charge in [0, 0.05) is 30.6 Å². The smallest absolute Gasteiger partial charge is 0.187 e. The average Bonchev–Trinajstić information content (AvgIpc) is 3.27. The van der Waals surface area contributed by atoms with Gasteiger partial charge in [0.05, 0.1) is 31.0 Å². The molecule has 0 aromatic carbocycles. The number of hydrogen-bond acceptors (Lipinski definition) is 16. The minimum Gasteiger partial charge on any atom is -0.394 e. The van der Waals surface area contributed by atoms with Crippen molar-refractivity contribution in [3.63, 3.8) is 0 Å². The topological polar surface area (TPSA) is 287 Å². The molecule has 16 nitrogen and oxygen atoms in total. The highest BCUT2D eigenvalue weighted by molar-refractivity contribution is 5.01. The lowest BCUT2D eigenvalue weighted by atomic mass is 9.84. The largest absolute Gasteiger partial charge is 0.394 e. The fourth-order valence-corrected chi connectivity index (χ4v) is 6.17. The molecule has 0 radical (unpaired) electrons. The Morgan fingerprint density at radius 3 is 2.02 bits per heavy atom.